The lowest BCUT2D eigenvalue weighted by atomic mass is 10.2. The first-order valence-electron chi connectivity index (χ1n) is 28.5. The monoisotopic (exact) mass is 1490 g/mol. The van der Waals surface area contributed by atoms with Gasteiger partial charge in [0.2, 0.25) is 5.82 Å². The molecule has 0 unspecified atom stereocenters. The maximum atomic E-state index is 13.3. The van der Waals surface area contributed by atoms with Gasteiger partial charge in [-0.15, -0.1) is 0 Å². The predicted octanol–water partition coefficient (Wildman–Crippen LogP) is 0.344. The van der Waals surface area contributed by atoms with Gasteiger partial charge < -0.3 is 9.73 Å². The summed E-state index contributed by atoms with van der Waals surface area (Å²) in [5, 5.41) is 88.9. The van der Waals surface area contributed by atoms with Crippen LogP contribution in [0, 0.1) is 45.1 Å². The number of anilines is 1. The normalized spacial score (nSPS) is 12.4. The summed E-state index contributed by atoms with van der Waals surface area (Å²) in [6, 6.07) is 14.4. The standard InChI is InChI=1S/C14H19FN6O4S.2C13H17FN6O4S.C11H17N7O5S/c1-9-8-10(5-6-11(9)15)17-14(18-22)13-12(19-25-20-13)4-3-7-21(2)26(16,23)24;2*1-8-7-9(4-5-10(8)14)17-13(18-21)12-11(19-24-20-12)3-2-6-16-25(15,22)23;1-7-4-8(22-6-7)5-14-10(16-19)9-11(18-23-17-9)13-2-3-15-24(12,20)21/h5-6,8,22H,3-4,7H2,1-2H3,(H,17,18)(H2,16,23,24);2*4-5,7,16,21H,2-3,6H2,1H3,(H,17,18)(H2,15,22,23);4,6,15,19H,2-3,5H2,1H3,(H,13,18)(H,14,16)(H2,12,20,21). The SMILES string of the molecule is Cc1cc(N=C(NO)c2nonc2CCCN(C)S(N)(=O)=O)ccc1F.Cc1cc(N=C(NO)c2nonc2CCCNS(N)(=O)=O)ccc1F.Cc1cc(N=C(NO)c2nonc2CCCNS(N)(=O)=O)ccc1F.Cc1coc(CN=C(NO)c2nonc2NCCNS(N)(=O)=O)c1. The van der Waals surface area contributed by atoms with E-state index in [1.807, 2.05) is 28.8 Å². The van der Waals surface area contributed by atoms with Crippen LogP contribution in [-0.4, -0.2) is 163 Å². The average Bonchev–Trinajstić information content (AvgIpc) is 1.57. The van der Waals surface area contributed by atoms with E-state index in [2.05, 4.69) is 99.2 Å². The molecule has 8 aromatic rings. The highest BCUT2D eigenvalue weighted by Crippen LogP contribution is 2.22. The second-order valence-electron chi connectivity index (χ2n) is 20.4. The zero-order valence-electron chi connectivity index (χ0n) is 53.3. The minimum atomic E-state index is -3.77. The quantitative estimate of drug-likeness (QED) is 0.0130. The lowest BCUT2D eigenvalue weighted by Gasteiger charge is -2.12. The maximum Gasteiger partial charge on any atom is 0.276 e. The molecule has 0 bridgehead atoms. The zero-order valence-corrected chi connectivity index (χ0v) is 56.6. The highest BCUT2D eigenvalue weighted by molar-refractivity contribution is 7.87. The molecule has 0 aliphatic carbocycles. The number of halogens is 3. The molecule has 546 valence electrons. The fraction of sp³-hybridized carbons (Fsp3) is 0.333. The summed E-state index contributed by atoms with van der Waals surface area (Å²) in [6.07, 6.45) is 3.61. The van der Waals surface area contributed by atoms with E-state index < -0.39 is 40.8 Å². The van der Waals surface area contributed by atoms with Gasteiger partial charge in [-0.1, -0.05) is 15.5 Å². The van der Waals surface area contributed by atoms with E-state index in [1.165, 1.54) is 61.6 Å². The van der Waals surface area contributed by atoms with Crippen molar-refractivity contribution in [3.8, 4) is 0 Å². The summed E-state index contributed by atoms with van der Waals surface area (Å²) in [6.45, 7) is 7.35. The first-order chi connectivity index (χ1) is 47.2. The molecule has 0 spiro atoms. The van der Waals surface area contributed by atoms with E-state index in [4.69, 9.17) is 25.0 Å². The van der Waals surface area contributed by atoms with Crippen LogP contribution in [0.15, 0.2) is 110 Å². The Bertz CT molecular complexity index is 4430. The van der Waals surface area contributed by atoms with Crippen LogP contribution in [0.5, 0.6) is 0 Å². The number of nitrogens with one attached hydrogen (secondary N) is 8. The van der Waals surface area contributed by atoms with Gasteiger partial charge in [-0.2, -0.15) is 38.0 Å². The highest BCUT2D eigenvalue weighted by Gasteiger charge is 2.22. The molecule has 0 radical (unpaired) electrons. The number of aliphatic imine (C=N–C) groups is 4. The Morgan fingerprint density at radius 3 is 1.21 bits per heavy atom. The van der Waals surface area contributed by atoms with Gasteiger partial charge in [0.25, 0.3) is 40.8 Å². The van der Waals surface area contributed by atoms with Gasteiger partial charge in [0.05, 0.1) is 29.9 Å². The minimum Gasteiger partial charge on any atom is -0.467 e. The average molecular weight is 1490 g/mol. The van der Waals surface area contributed by atoms with Crippen molar-refractivity contribution in [1.82, 2.24) is 81.6 Å². The molecular formula is C51H70F3N25O17S4. The summed E-state index contributed by atoms with van der Waals surface area (Å²) in [7, 11) is -13.7. The molecule has 0 aliphatic heterocycles. The van der Waals surface area contributed by atoms with Crippen LogP contribution in [0.4, 0.5) is 36.1 Å². The Labute approximate surface area is 567 Å². The molecule has 8 rings (SSSR count). The predicted molar refractivity (Wildman–Crippen MR) is 345 cm³/mol. The Morgan fingerprint density at radius 2 is 0.860 bits per heavy atom. The van der Waals surface area contributed by atoms with Crippen molar-refractivity contribution in [3.05, 3.63) is 152 Å². The summed E-state index contributed by atoms with van der Waals surface area (Å²) in [5.41, 5.74) is 12.6. The fourth-order valence-electron chi connectivity index (χ4n) is 7.79. The molecular weight excluding hydrogens is 1420 g/mol. The van der Waals surface area contributed by atoms with Crippen LogP contribution >= 0.6 is 0 Å². The summed E-state index contributed by atoms with van der Waals surface area (Å²) >= 11 is 0. The van der Waals surface area contributed by atoms with Crippen LogP contribution in [-0.2, 0) is 66.6 Å². The molecule has 0 atom stereocenters. The second-order valence-corrected chi connectivity index (χ2v) is 26.2. The van der Waals surface area contributed by atoms with Crippen molar-refractivity contribution >= 4 is 87.1 Å². The number of hydrogen-bond acceptors (Lipinski definition) is 30. The first kappa shape index (κ1) is 81.0. The van der Waals surface area contributed by atoms with Crippen molar-refractivity contribution in [2.24, 2.45) is 40.5 Å². The van der Waals surface area contributed by atoms with Gasteiger partial charge in [-0.05, 0) is 175 Å². The molecule has 3 aromatic carbocycles. The van der Waals surface area contributed by atoms with Gasteiger partial charge in [0.15, 0.2) is 46.1 Å². The van der Waals surface area contributed by atoms with Crippen LogP contribution in [0.3, 0.4) is 0 Å². The number of amidine groups is 4. The Balaban J connectivity index is 0.000000240. The second kappa shape index (κ2) is 38.6. The van der Waals surface area contributed by atoms with E-state index in [1.54, 1.807) is 33.1 Å². The van der Waals surface area contributed by atoms with Crippen molar-refractivity contribution < 1.29 is 90.6 Å². The molecule has 100 heavy (non-hydrogen) atoms. The van der Waals surface area contributed by atoms with Gasteiger partial charge in [-0.25, -0.2) is 81.4 Å². The summed E-state index contributed by atoms with van der Waals surface area (Å²) in [4.78, 5) is 16.6. The van der Waals surface area contributed by atoms with Crippen LogP contribution in [0.25, 0.3) is 0 Å². The number of hydrogen-bond donors (Lipinski definition) is 16. The highest BCUT2D eigenvalue weighted by atomic mass is 32.2. The van der Waals surface area contributed by atoms with Crippen LogP contribution in [0.1, 0.15) is 87.1 Å². The number of hydroxylamine groups is 4. The molecule has 42 nitrogen and oxygen atoms in total. The first-order valence-corrected chi connectivity index (χ1v) is 34.7. The summed E-state index contributed by atoms with van der Waals surface area (Å²) in [5.74, 6) is -0.453. The third-order valence-corrected chi connectivity index (χ3v) is 15.5. The molecule has 0 saturated heterocycles. The lowest BCUT2D eigenvalue weighted by Crippen LogP contribution is -2.34. The Hall–Kier alpha value is -9.71. The largest absolute Gasteiger partial charge is 0.467 e. The van der Waals surface area contributed by atoms with Crippen molar-refractivity contribution in [3.63, 3.8) is 0 Å². The zero-order chi connectivity index (χ0) is 73.8. The Morgan fingerprint density at radius 1 is 0.490 bits per heavy atom. The molecule has 49 heteroatoms. The van der Waals surface area contributed by atoms with E-state index >= 15 is 0 Å². The van der Waals surface area contributed by atoms with Crippen molar-refractivity contribution in [1.29, 1.82) is 0 Å². The fourth-order valence-corrected chi connectivity index (χ4v) is 9.42. The number of benzene rings is 3. The maximum absolute atomic E-state index is 13.3. The third-order valence-electron chi connectivity index (χ3n) is 12.6. The molecule has 20 N–H and O–H groups in total. The molecule has 0 saturated carbocycles. The minimum absolute atomic E-state index is 0.00667. The lowest BCUT2D eigenvalue weighted by molar-refractivity contribution is 0.233. The molecule has 0 fully saturated rings. The van der Waals surface area contributed by atoms with E-state index in [9.17, 15) is 67.7 Å². The molecule has 0 aliphatic rings. The van der Waals surface area contributed by atoms with E-state index in [-0.39, 0.29) is 109 Å². The number of nitrogens with two attached hydrogens (primary N) is 4. The third kappa shape index (κ3) is 27.9. The number of rotatable bonds is 29. The summed E-state index contributed by atoms with van der Waals surface area (Å²) < 4.78 is 158. The van der Waals surface area contributed by atoms with Gasteiger partial charge in [-0.3, -0.25) is 47.7 Å². The van der Waals surface area contributed by atoms with E-state index in [0.29, 0.717) is 95.1 Å². The van der Waals surface area contributed by atoms with Crippen molar-refractivity contribution in [2.45, 2.75) is 72.8 Å². The van der Waals surface area contributed by atoms with Crippen LogP contribution in [0.2, 0.25) is 0 Å². The topological polar surface area (TPSA) is 639 Å². The number of furan rings is 1. The number of nitrogens with zero attached hydrogens (tertiary/aromatic N) is 13. The van der Waals surface area contributed by atoms with Crippen LogP contribution < -0.4 is 62.0 Å². The Kier molecular flexibility index (Phi) is 31.3. The van der Waals surface area contributed by atoms with Gasteiger partial charge >= 0.3 is 0 Å². The molecule has 5 heterocycles. The smallest absolute Gasteiger partial charge is 0.276 e. The number of aryl methyl sites for hydroxylation is 7. The van der Waals surface area contributed by atoms with Crippen molar-refractivity contribution in [2.75, 3.05) is 45.1 Å². The van der Waals surface area contributed by atoms with Gasteiger partial charge in [0.1, 0.15) is 40.3 Å². The molecule has 5 aromatic heterocycles. The number of aromatic nitrogens is 8. The van der Waals surface area contributed by atoms with Gasteiger partial charge in [0, 0.05) is 39.8 Å². The van der Waals surface area contributed by atoms with E-state index in [0.717, 1.165) is 9.87 Å². The molecule has 0 amide bonds.